The number of nitrogen functional groups attached to an aromatic ring is 1. The van der Waals surface area contributed by atoms with Gasteiger partial charge in [0.15, 0.2) is 0 Å². The van der Waals surface area contributed by atoms with Gasteiger partial charge in [-0.2, -0.15) is 0 Å². The summed E-state index contributed by atoms with van der Waals surface area (Å²) in [5, 5.41) is 2.88. The van der Waals surface area contributed by atoms with Crippen molar-refractivity contribution in [2.75, 3.05) is 17.7 Å². The van der Waals surface area contributed by atoms with E-state index in [0.717, 1.165) is 11.3 Å². The van der Waals surface area contributed by atoms with Crippen LogP contribution in [0.4, 0.5) is 15.5 Å². The predicted octanol–water partition coefficient (Wildman–Crippen LogP) is 2.85. The highest BCUT2D eigenvalue weighted by atomic mass is 32.1. The van der Waals surface area contributed by atoms with Crippen LogP contribution >= 0.6 is 11.3 Å². The van der Waals surface area contributed by atoms with E-state index < -0.39 is 17.7 Å². The molecule has 1 heterocycles. The molecule has 106 valence electrons. The molecule has 0 saturated carbocycles. The number of esters is 1. The number of thiophene rings is 1. The third kappa shape index (κ3) is 4.78. The van der Waals surface area contributed by atoms with Crippen molar-refractivity contribution < 1.29 is 19.1 Å². The largest absolute Gasteiger partial charge is 0.462 e. The second-order valence-corrected chi connectivity index (χ2v) is 5.79. The van der Waals surface area contributed by atoms with E-state index in [1.807, 2.05) is 0 Å². The molecule has 0 bridgehead atoms. The molecule has 0 aliphatic carbocycles. The zero-order valence-electron chi connectivity index (χ0n) is 11.4. The highest BCUT2D eigenvalue weighted by Crippen LogP contribution is 2.31. The first-order chi connectivity index (χ1) is 8.73. The summed E-state index contributed by atoms with van der Waals surface area (Å²) in [4.78, 5) is 23.4. The second kappa shape index (κ2) is 5.92. The molecule has 0 fully saturated rings. The van der Waals surface area contributed by atoms with E-state index >= 15 is 0 Å². The normalized spacial score (nSPS) is 10.9. The third-order valence-electron chi connectivity index (χ3n) is 1.85. The molecule has 0 aliphatic rings. The lowest BCUT2D eigenvalue weighted by atomic mass is 10.2. The quantitative estimate of drug-likeness (QED) is 0.834. The van der Waals surface area contributed by atoms with Gasteiger partial charge in [-0.1, -0.05) is 0 Å². The molecule has 1 aromatic rings. The van der Waals surface area contributed by atoms with E-state index in [-0.39, 0.29) is 6.61 Å². The van der Waals surface area contributed by atoms with Gasteiger partial charge < -0.3 is 15.2 Å². The molecule has 0 unspecified atom stereocenters. The smallest absolute Gasteiger partial charge is 0.412 e. The van der Waals surface area contributed by atoms with Gasteiger partial charge in [0.05, 0.1) is 12.3 Å². The Morgan fingerprint density at radius 2 is 2.05 bits per heavy atom. The average molecular weight is 286 g/mol. The minimum atomic E-state index is -0.614. The lowest BCUT2D eigenvalue weighted by molar-refractivity contribution is 0.0531. The number of ether oxygens (including phenoxy) is 2. The number of carbonyl (C=O) groups is 2. The van der Waals surface area contributed by atoms with Gasteiger partial charge in [0, 0.05) is 0 Å². The van der Waals surface area contributed by atoms with E-state index in [1.54, 1.807) is 27.7 Å². The van der Waals surface area contributed by atoms with Gasteiger partial charge in [0.2, 0.25) is 0 Å². The Labute approximate surface area is 115 Å². The maximum absolute atomic E-state index is 11.6. The van der Waals surface area contributed by atoms with Gasteiger partial charge in [-0.15, -0.1) is 11.3 Å². The third-order valence-corrected chi connectivity index (χ3v) is 2.90. The van der Waals surface area contributed by atoms with Gasteiger partial charge in [0.25, 0.3) is 0 Å². The van der Waals surface area contributed by atoms with E-state index in [2.05, 4.69) is 5.32 Å². The summed E-state index contributed by atoms with van der Waals surface area (Å²) in [5.41, 5.74) is 5.43. The van der Waals surface area contributed by atoms with Crippen LogP contribution in [0.3, 0.4) is 0 Å². The first-order valence-electron chi connectivity index (χ1n) is 5.79. The van der Waals surface area contributed by atoms with Crippen LogP contribution in [0.25, 0.3) is 0 Å². The summed E-state index contributed by atoms with van der Waals surface area (Å²) < 4.78 is 9.95. The van der Waals surface area contributed by atoms with Crippen molar-refractivity contribution in [3.8, 4) is 0 Å². The van der Waals surface area contributed by atoms with Crippen LogP contribution in [0.2, 0.25) is 0 Å². The van der Waals surface area contributed by atoms with Crippen molar-refractivity contribution in [2.24, 2.45) is 0 Å². The fourth-order valence-corrected chi connectivity index (χ4v) is 2.06. The number of rotatable bonds is 3. The molecule has 1 amide bonds. The number of hydrogen-bond acceptors (Lipinski definition) is 6. The topological polar surface area (TPSA) is 90.6 Å². The van der Waals surface area contributed by atoms with Crippen molar-refractivity contribution in [1.29, 1.82) is 0 Å². The van der Waals surface area contributed by atoms with E-state index in [0.29, 0.717) is 15.6 Å². The van der Waals surface area contributed by atoms with Gasteiger partial charge in [-0.05, 0) is 33.8 Å². The van der Waals surface area contributed by atoms with Crippen LogP contribution in [0.5, 0.6) is 0 Å². The average Bonchev–Trinajstić information content (AvgIpc) is 2.58. The van der Waals surface area contributed by atoms with Crippen LogP contribution in [0.1, 0.15) is 37.4 Å². The number of anilines is 2. The molecule has 19 heavy (non-hydrogen) atoms. The number of carbonyl (C=O) groups excluding carboxylic acids is 2. The van der Waals surface area contributed by atoms with Crippen molar-refractivity contribution >= 4 is 34.1 Å². The monoisotopic (exact) mass is 286 g/mol. The zero-order valence-corrected chi connectivity index (χ0v) is 12.2. The van der Waals surface area contributed by atoms with Crippen molar-refractivity contribution in [2.45, 2.75) is 33.3 Å². The van der Waals surface area contributed by atoms with Crippen LogP contribution in [-0.2, 0) is 9.47 Å². The standard InChI is InChI=1S/C12H18N2O4S/c1-5-17-10(15)8-6-7(13)9(19-8)14-11(16)18-12(2,3)4/h6H,5,13H2,1-4H3,(H,14,16). The highest BCUT2D eigenvalue weighted by molar-refractivity contribution is 7.18. The lowest BCUT2D eigenvalue weighted by Gasteiger charge is -2.19. The van der Waals surface area contributed by atoms with Gasteiger partial charge in [0.1, 0.15) is 15.5 Å². The highest BCUT2D eigenvalue weighted by Gasteiger charge is 2.19. The Morgan fingerprint density at radius 1 is 1.42 bits per heavy atom. The Kier molecular flexibility index (Phi) is 4.77. The molecular weight excluding hydrogens is 268 g/mol. The van der Waals surface area contributed by atoms with Gasteiger partial charge in [-0.25, -0.2) is 9.59 Å². The Balaban J connectivity index is 2.75. The molecule has 1 aromatic heterocycles. The molecule has 0 atom stereocenters. The molecule has 0 radical (unpaired) electrons. The van der Waals surface area contributed by atoms with E-state index in [1.165, 1.54) is 6.07 Å². The van der Waals surface area contributed by atoms with Crippen LogP contribution < -0.4 is 11.1 Å². The number of nitrogens with one attached hydrogen (secondary N) is 1. The molecule has 6 nitrogen and oxygen atoms in total. The minimum absolute atomic E-state index is 0.283. The number of hydrogen-bond donors (Lipinski definition) is 2. The van der Waals surface area contributed by atoms with Gasteiger partial charge in [-0.3, -0.25) is 5.32 Å². The van der Waals surface area contributed by atoms with Crippen LogP contribution in [0, 0.1) is 0 Å². The molecule has 7 heteroatoms. The SMILES string of the molecule is CCOC(=O)c1cc(N)c(NC(=O)OC(C)(C)C)s1. The summed E-state index contributed by atoms with van der Waals surface area (Å²) in [6.07, 6.45) is -0.614. The Morgan fingerprint density at radius 3 is 2.58 bits per heavy atom. The minimum Gasteiger partial charge on any atom is -0.462 e. The van der Waals surface area contributed by atoms with E-state index in [4.69, 9.17) is 15.2 Å². The number of nitrogens with two attached hydrogens (primary N) is 1. The van der Waals surface area contributed by atoms with Crippen LogP contribution in [-0.4, -0.2) is 24.3 Å². The molecule has 0 aromatic carbocycles. The lowest BCUT2D eigenvalue weighted by Crippen LogP contribution is -2.27. The fourth-order valence-electron chi connectivity index (χ4n) is 1.20. The molecular formula is C12H18N2O4S. The first kappa shape index (κ1) is 15.3. The number of amides is 1. The Bertz CT molecular complexity index is 477. The zero-order chi connectivity index (χ0) is 14.6. The molecule has 1 rings (SSSR count). The van der Waals surface area contributed by atoms with Crippen molar-refractivity contribution in [1.82, 2.24) is 0 Å². The maximum atomic E-state index is 11.6. The maximum Gasteiger partial charge on any atom is 0.412 e. The summed E-state index contributed by atoms with van der Waals surface area (Å²) >= 11 is 1.05. The van der Waals surface area contributed by atoms with Gasteiger partial charge >= 0.3 is 12.1 Å². The predicted molar refractivity (Wildman–Crippen MR) is 74.5 cm³/mol. The summed E-state index contributed by atoms with van der Waals surface area (Å²) in [5.74, 6) is -0.462. The fraction of sp³-hybridized carbons (Fsp3) is 0.500. The van der Waals surface area contributed by atoms with E-state index in [9.17, 15) is 9.59 Å². The Hall–Kier alpha value is -1.76. The molecule has 3 N–H and O–H groups in total. The first-order valence-corrected chi connectivity index (χ1v) is 6.61. The van der Waals surface area contributed by atoms with Crippen molar-refractivity contribution in [3.05, 3.63) is 10.9 Å². The summed E-state index contributed by atoms with van der Waals surface area (Å²) in [7, 11) is 0. The molecule has 0 aliphatic heterocycles. The second-order valence-electron chi connectivity index (χ2n) is 4.74. The molecule has 0 spiro atoms. The molecule has 0 saturated heterocycles. The van der Waals surface area contributed by atoms with Crippen molar-refractivity contribution in [3.63, 3.8) is 0 Å². The van der Waals surface area contributed by atoms with Crippen LogP contribution in [0.15, 0.2) is 6.07 Å². The summed E-state index contributed by atoms with van der Waals surface area (Å²) in [6, 6.07) is 1.47. The summed E-state index contributed by atoms with van der Waals surface area (Å²) in [6.45, 7) is 7.28.